The van der Waals surface area contributed by atoms with E-state index in [1.807, 2.05) is 12.1 Å². The van der Waals surface area contributed by atoms with Gasteiger partial charge in [-0.05, 0) is 53.4 Å². The summed E-state index contributed by atoms with van der Waals surface area (Å²) in [5.74, 6) is -1.13. The van der Waals surface area contributed by atoms with E-state index in [9.17, 15) is 31.2 Å². The van der Waals surface area contributed by atoms with Crippen molar-refractivity contribution in [2.24, 2.45) is 0 Å². The zero-order valence-electron chi connectivity index (χ0n) is 23.4. The Kier molecular flexibility index (Phi) is 9.03. The van der Waals surface area contributed by atoms with Crippen LogP contribution in [0.2, 0.25) is 5.02 Å². The van der Waals surface area contributed by atoms with Crippen molar-refractivity contribution in [1.29, 1.82) is 0 Å². The van der Waals surface area contributed by atoms with Crippen LogP contribution >= 0.6 is 11.6 Å². The van der Waals surface area contributed by atoms with Gasteiger partial charge in [0, 0.05) is 16.8 Å². The number of anilines is 2. The minimum Gasteiger partial charge on any atom is -0.324 e. The Balaban J connectivity index is 1.62. The molecule has 0 aromatic heterocycles. The number of hydrogen-bond donors (Lipinski definition) is 1. The predicted molar refractivity (Wildman–Crippen MR) is 161 cm³/mol. The maximum absolute atomic E-state index is 13.6. The second kappa shape index (κ2) is 12.2. The molecule has 0 heterocycles. The third-order valence-electron chi connectivity index (χ3n) is 6.58. The van der Waals surface area contributed by atoms with Crippen LogP contribution in [0.5, 0.6) is 0 Å². The van der Waals surface area contributed by atoms with Gasteiger partial charge in [0.05, 0.1) is 21.2 Å². The molecule has 0 aliphatic heterocycles. The van der Waals surface area contributed by atoms with Crippen LogP contribution in [-0.2, 0) is 26.4 Å². The predicted octanol–water partition coefficient (Wildman–Crippen LogP) is 7.72. The molecule has 0 aliphatic carbocycles. The number of nitrogens with one attached hydrogen (secondary N) is 1. The van der Waals surface area contributed by atoms with E-state index in [0.29, 0.717) is 15.9 Å². The number of carbonyl (C=O) groups is 2. The van der Waals surface area contributed by atoms with Gasteiger partial charge in [0.1, 0.15) is 6.54 Å². The second-order valence-electron chi connectivity index (χ2n) is 10.8. The summed E-state index contributed by atoms with van der Waals surface area (Å²) in [6.07, 6.45) is -4.86. The highest BCUT2D eigenvalue weighted by molar-refractivity contribution is 7.92. The van der Waals surface area contributed by atoms with Crippen LogP contribution < -0.4 is 9.62 Å². The Bertz CT molecular complexity index is 1750. The van der Waals surface area contributed by atoms with Crippen LogP contribution in [-0.4, -0.2) is 26.7 Å². The third-order valence-corrected chi connectivity index (χ3v) is 8.70. The number of halogens is 4. The van der Waals surface area contributed by atoms with Crippen molar-refractivity contribution in [3.8, 4) is 0 Å². The van der Waals surface area contributed by atoms with Gasteiger partial charge in [-0.25, -0.2) is 8.42 Å². The first-order valence-corrected chi connectivity index (χ1v) is 14.9. The average molecular weight is 629 g/mol. The van der Waals surface area contributed by atoms with Gasteiger partial charge in [-0.2, -0.15) is 13.2 Å². The van der Waals surface area contributed by atoms with Gasteiger partial charge < -0.3 is 5.32 Å². The first-order chi connectivity index (χ1) is 20.1. The van der Waals surface area contributed by atoms with E-state index in [-0.39, 0.29) is 27.3 Å². The zero-order chi connectivity index (χ0) is 31.6. The maximum atomic E-state index is 13.6. The number of nitrogens with zero attached hydrogens (tertiary/aromatic N) is 1. The minimum atomic E-state index is -4.86. The lowest BCUT2D eigenvalue weighted by atomic mass is 9.86. The Morgan fingerprint density at radius 3 is 2.07 bits per heavy atom. The van der Waals surface area contributed by atoms with Crippen molar-refractivity contribution in [2.45, 2.75) is 37.3 Å². The summed E-state index contributed by atoms with van der Waals surface area (Å²) in [6.45, 7) is 5.32. The maximum Gasteiger partial charge on any atom is 0.417 e. The van der Waals surface area contributed by atoms with Crippen LogP contribution in [0, 0.1) is 0 Å². The quantitative estimate of drug-likeness (QED) is 0.203. The third kappa shape index (κ3) is 7.44. The highest BCUT2D eigenvalue weighted by Gasteiger charge is 2.35. The number of carbonyl (C=O) groups excluding carboxylic acids is 2. The van der Waals surface area contributed by atoms with Crippen molar-refractivity contribution in [2.75, 3.05) is 16.2 Å². The molecule has 43 heavy (non-hydrogen) atoms. The summed E-state index contributed by atoms with van der Waals surface area (Å²) in [5, 5.41) is 1.93. The van der Waals surface area contributed by atoms with Crippen LogP contribution in [0.15, 0.2) is 102 Å². The second-order valence-corrected chi connectivity index (χ2v) is 13.0. The van der Waals surface area contributed by atoms with E-state index in [4.69, 9.17) is 11.6 Å². The lowest BCUT2D eigenvalue weighted by Gasteiger charge is -2.25. The fraction of sp³-hybridized carbons (Fsp3) is 0.188. The highest BCUT2D eigenvalue weighted by Crippen LogP contribution is 2.38. The fourth-order valence-corrected chi connectivity index (χ4v) is 5.94. The molecule has 0 radical (unpaired) electrons. The normalized spacial score (nSPS) is 12.1. The Hall–Kier alpha value is -4.15. The van der Waals surface area contributed by atoms with Gasteiger partial charge in [0.2, 0.25) is 5.91 Å². The minimum absolute atomic E-state index is 0.0893. The summed E-state index contributed by atoms with van der Waals surface area (Å²) in [5.41, 5.74) is 0.241. The summed E-state index contributed by atoms with van der Waals surface area (Å²) < 4.78 is 68.5. The molecule has 0 fully saturated rings. The number of ketones is 1. The summed E-state index contributed by atoms with van der Waals surface area (Å²) in [7, 11) is -4.48. The van der Waals surface area contributed by atoms with E-state index < -0.39 is 44.9 Å². The molecule has 4 aromatic carbocycles. The average Bonchev–Trinajstić information content (AvgIpc) is 2.95. The zero-order valence-corrected chi connectivity index (χ0v) is 25.0. The molecule has 4 rings (SSSR count). The lowest BCUT2D eigenvalue weighted by Crippen LogP contribution is -2.38. The van der Waals surface area contributed by atoms with E-state index in [2.05, 4.69) is 26.1 Å². The molecule has 224 valence electrons. The van der Waals surface area contributed by atoms with Crippen molar-refractivity contribution in [3.05, 3.63) is 124 Å². The largest absolute Gasteiger partial charge is 0.417 e. The van der Waals surface area contributed by atoms with Gasteiger partial charge >= 0.3 is 6.18 Å². The molecular weight excluding hydrogens is 601 g/mol. The standard InChI is InChI=1S/C32H28ClF3N2O4S/c1-31(2,3)23-14-12-21(13-15-23)30(40)22-8-7-9-24(18-22)37-29(39)20-38(43(41,42)26-10-5-4-6-11-26)25-16-17-28(33)27(19-25)32(34,35)36/h4-19H,20H2,1-3H3,(H,37,39). The van der Waals surface area contributed by atoms with Gasteiger partial charge in [-0.15, -0.1) is 0 Å². The number of benzene rings is 4. The first kappa shape index (κ1) is 31.8. The highest BCUT2D eigenvalue weighted by atomic mass is 35.5. The number of hydrogen-bond acceptors (Lipinski definition) is 4. The summed E-state index contributed by atoms with van der Waals surface area (Å²) in [6, 6.07) is 22.9. The van der Waals surface area contributed by atoms with Gasteiger partial charge in [0.15, 0.2) is 5.78 Å². The topological polar surface area (TPSA) is 83.6 Å². The SMILES string of the molecule is CC(C)(C)c1ccc(C(=O)c2cccc(NC(=O)CN(c3ccc(Cl)c(C(F)(F)F)c3)S(=O)(=O)c3ccccc3)c2)cc1. The van der Waals surface area contributed by atoms with Gasteiger partial charge in [-0.1, -0.05) is 87.0 Å². The molecule has 0 unspecified atom stereocenters. The van der Waals surface area contributed by atoms with Crippen molar-refractivity contribution in [1.82, 2.24) is 0 Å². The molecule has 0 saturated heterocycles. The fourth-order valence-electron chi connectivity index (χ4n) is 4.28. The molecule has 6 nitrogen and oxygen atoms in total. The summed E-state index contributed by atoms with van der Waals surface area (Å²) in [4.78, 5) is 26.1. The smallest absolute Gasteiger partial charge is 0.324 e. The Morgan fingerprint density at radius 1 is 0.814 bits per heavy atom. The summed E-state index contributed by atoms with van der Waals surface area (Å²) >= 11 is 5.75. The van der Waals surface area contributed by atoms with Crippen molar-refractivity contribution in [3.63, 3.8) is 0 Å². The van der Waals surface area contributed by atoms with E-state index in [0.717, 1.165) is 17.7 Å². The Morgan fingerprint density at radius 2 is 1.47 bits per heavy atom. The molecule has 0 bridgehead atoms. The van der Waals surface area contributed by atoms with E-state index in [1.54, 1.807) is 30.3 Å². The van der Waals surface area contributed by atoms with E-state index >= 15 is 0 Å². The lowest BCUT2D eigenvalue weighted by molar-refractivity contribution is -0.137. The molecular formula is C32H28ClF3N2O4S. The molecule has 0 aliphatic rings. The molecule has 1 amide bonds. The monoisotopic (exact) mass is 628 g/mol. The van der Waals surface area contributed by atoms with Crippen LogP contribution in [0.3, 0.4) is 0 Å². The van der Waals surface area contributed by atoms with Crippen LogP contribution in [0.4, 0.5) is 24.5 Å². The molecule has 0 saturated carbocycles. The Labute approximate surface area is 253 Å². The van der Waals surface area contributed by atoms with E-state index in [1.165, 1.54) is 36.4 Å². The molecule has 1 N–H and O–H groups in total. The van der Waals surface area contributed by atoms with Crippen LogP contribution in [0.1, 0.15) is 47.8 Å². The van der Waals surface area contributed by atoms with Crippen molar-refractivity contribution >= 4 is 44.7 Å². The molecule has 4 aromatic rings. The van der Waals surface area contributed by atoms with Crippen molar-refractivity contribution < 1.29 is 31.2 Å². The molecule has 0 atom stereocenters. The number of alkyl halides is 3. The number of rotatable bonds is 8. The molecule has 11 heteroatoms. The number of amides is 1. The van der Waals surface area contributed by atoms with Gasteiger partial charge in [0.25, 0.3) is 10.0 Å². The molecule has 0 spiro atoms. The number of sulfonamides is 1. The van der Waals surface area contributed by atoms with Crippen LogP contribution in [0.25, 0.3) is 0 Å². The van der Waals surface area contributed by atoms with Gasteiger partial charge in [-0.3, -0.25) is 13.9 Å². The first-order valence-electron chi connectivity index (χ1n) is 13.1.